The molecule has 2 heterocycles. The molecule has 1 saturated carbocycles. The van der Waals surface area contributed by atoms with E-state index in [4.69, 9.17) is 0 Å². The van der Waals surface area contributed by atoms with Crippen molar-refractivity contribution in [3.05, 3.63) is 0 Å². The van der Waals surface area contributed by atoms with Crippen LogP contribution in [0.15, 0.2) is 0 Å². The van der Waals surface area contributed by atoms with Crippen LogP contribution in [-0.2, 0) is 9.59 Å². The average molecular weight is 308 g/mol. The number of carbonyl (C=O) groups excluding carboxylic acids is 2. The molecule has 3 rings (SSSR count). The first-order valence-electron chi connectivity index (χ1n) is 8.91. The zero-order valence-electron chi connectivity index (χ0n) is 13.4. The SMILES string of the molecule is O=C(C1CC(=O)N(C2CCCCCC2)C1)N1CCCC(O)C1. The Kier molecular flexibility index (Phi) is 5.01. The third-order valence-electron chi connectivity index (χ3n) is 5.48. The molecule has 1 N–H and O–H groups in total. The van der Waals surface area contributed by atoms with Crippen molar-refractivity contribution in [2.75, 3.05) is 19.6 Å². The van der Waals surface area contributed by atoms with Gasteiger partial charge in [-0.3, -0.25) is 9.59 Å². The molecular formula is C17H28N2O3. The first-order valence-corrected chi connectivity index (χ1v) is 8.91. The Morgan fingerprint density at radius 3 is 2.41 bits per heavy atom. The number of amides is 2. The van der Waals surface area contributed by atoms with Gasteiger partial charge in [-0.15, -0.1) is 0 Å². The number of rotatable bonds is 2. The highest BCUT2D eigenvalue weighted by atomic mass is 16.3. The lowest BCUT2D eigenvalue weighted by atomic mass is 10.0. The van der Waals surface area contributed by atoms with E-state index in [2.05, 4.69) is 0 Å². The molecule has 2 aliphatic heterocycles. The Balaban J connectivity index is 1.59. The summed E-state index contributed by atoms with van der Waals surface area (Å²) in [7, 11) is 0. The van der Waals surface area contributed by atoms with E-state index in [1.54, 1.807) is 4.90 Å². The van der Waals surface area contributed by atoms with Crippen molar-refractivity contribution in [2.45, 2.75) is 69.9 Å². The zero-order valence-corrected chi connectivity index (χ0v) is 13.4. The molecule has 0 spiro atoms. The summed E-state index contributed by atoms with van der Waals surface area (Å²) < 4.78 is 0. The second-order valence-corrected chi connectivity index (χ2v) is 7.17. The van der Waals surface area contributed by atoms with Crippen LogP contribution in [0.3, 0.4) is 0 Å². The standard InChI is InChI=1S/C17H28N2O3/c20-15-8-5-9-18(12-15)17(22)13-10-16(21)19(11-13)14-6-3-1-2-4-7-14/h13-15,20H,1-12H2. The molecule has 0 aromatic rings. The first kappa shape index (κ1) is 15.8. The molecule has 1 aliphatic carbocycles. The van der Waals surface area contributed by atoms with Crippen LogP contribution >= 0.6 is 0 Å². The van der Waals surface area contributed by atoms with Crippen molar-refractivity contribution in [1.82, 2.24) is 9.80 Å². The highest BCUT2D eigenvalue weighted by molar-refractivity contribution is 5.89. The van der Waals surface area contributed by atoms with Crippen LogP contribution in [0.5, 0.6) is 0 Å². The van der Waals surface area contributed by atoms with Crippen molar-refractivity contribution in [3.8, 4) is 0 Å². The van der Waals surface area contributed by atoms with Crippen LogP contribution in [0.2, 0.25) is 0 Å². The number of likely N-dealkylation sites (tertiary alicyclic amines) is 2. The summed E-state index contributed by atoms with van der Waals surface area (Å²) in [6.45, 7) is 1.76. The fourth-order valence-corrected chi connectivity index (χ4v) is 4.23. The van der Waals surface area contributed by atoms with Gasteiger partial charge in [0.2, 0.25) is 11.8 Å². The van der Waals surface area contributed by atoms with Gasteiger partial charge in [-0.05, 0) is 25.7 Å². The van der Waals surface area contributed by atoms with E-state index < -0.39 is 6.10 Å². The Morgan fingerprint density at radius 2 is 1.73 bits per heavy atom. The normalized spacial score (nSPS) is 31.4. The minimum absolute atomic E-state index is 0.0724. The minimum atomic E-state index is -0.396. The molecule has 5 nitrogen and oxygen atoms in total. The van der Waals surface area contributed by atoms with E-state index in [-0.39, 0.29) is 17.7 Å². The number of hydrogen-bond acceptors (Lipinski definition) is 3. The minimum Gasteiger partial charge on any atom is -0.391 e. The monoisotopic (exact) mass is 308 g/mol. The molecule has 0 aromatic carbocycles. The highest BCUT2D eigenvalue weighted by Gasteiger charge is 2.40. The number of aliphatic hydroxyl groups excluding tert-OH is 1. The lowest BCUT2D eigenvalue weighted by molar-refractivity contribution is -0.138. The maximum Gasteiger partial charge on any atom is 0.228 e. The van der Waals surface area contributed by atoms with Gasteiger partial charge in [-0.1, -0.05) is 25.7 Å². The Morgan fingerprint density at radius 1 is 1.00 bits per heavy atom. The van der Waals surface area contributed by atoms with E-state index >= 15 is 0 Å². The number of piperidine rings is 1. The molecule has 3 fully saturated rings. The van der Waals surface area contributed by atoms with E-state index in [1.165, 1.54) is 25.7 Å². The highest BCUT2D eigenvalue weighted by Crippen LogP contribution is 2.29. The molecule has 2 saturated heterocycles. The van der Waals surface area contributed by atoms with E-state index in [0.717, 1.165) is 32.2 Å². The largest absolute Gasteiger partial charge is 0.391 e. The number of β-amino-alcohol motifs (C(OH)–C–C–N with tert-alkyl or cyclic N) is 1. The predicted molar refractivity (Wildman–Crippen MR) is 83.1 cm³/mol. The van der Waals surface area contributed by atoms with Crippen molar-refractivity contribution in [2.24, 2.45) is 5.92 Å². The molecule has 3 aliphatic rings. The van der Waals surface area contributed by atoms with Crippen molar-refractivity contribution < 1.29 is 14.7 Å². The maximum absolute atomic E-state index is 12.6. The van der Waals surface area contributed by atoms with Gasteiger partial charge in [0.05, 0.1) is 12.0 Å². The van der Waals surface area contributed by atoms with E-state index in [9.17, 15) is 14.7 Å². The van der Waals surface area contributed by atoms with Gasteiger partial charge in [-0.2, -0.15) is 0 Å². The van der Waals surface area contributed by atoms with Crippen LogP contribution in [-0.4, -0.2) is 58.5 Å². The third-order valence-corrected chi connectivity index (χ3v) is 5.48. The van der Waals surface area contributed by atoms with Crippen LogP contribution in [0.4, 0.5) is 0 Å². The number of aliphatic hydroxyl groups is 1. The maximum atomic E-state index is 12.6. The van der Waals surface area contributed by atoms with Crippen LogP contribution < -0.4 is 0 Å². The van der Waals surface area contributed by atoms with Crippen LogP contribution in [0, 0.1) is 5.92 Å². The van der Waals surface area contributed by atoms with Crippen molar-refractivity contribution in [1.29, 1.82) is 0 Å². The topological polar surface area (TPSA) is 60.9 Å². The van der Waals surface area contributed by atoms with E-state index in [0.29, 0.717) is 25.6 Å². The fourth-order valence-electron chi connectivity index (χ4n) is 4.23. The van der Waals surface area contributed by atoms with Gasteiger partial charge in [0.25, 0.3) is 0 Å². The molecule has 2 atom stereocenters. The molecular weight excluding hydrogens is 280 g/mol. The van der Waals surface area contributed by atoms with Gasteiger partial charge < -0.3 is 14.9 Å². The first-order chi connectivity index (χ1) is 10.6. The Bertz CT molecular complexity index is 418. The summed E-state index contributed by atoms with van der Waals surface area (Å²) in [4.78, 5) is 28.7. The molecule has 0 aromatic heterocycles. The fraction of sp³-hybridized carbons (Fsp3) is 0.882. The Hall–Kier alpha value is -1.10. The number of hydrogen-bond donors (Lipinski definition) is 1. The molecule has 124 valence electrons. The summed E-state index contributed by atoms with van der Waals surface area (Å²) in [6.07, 6.45) is 8.73. The van der Waals surface area contributed by atoms with Crippen LogP contribution in [0.25, 0.3) is 0 Å². The summed E-state index contributed by atoms with van der Waals surface area (Å²) in [5.74, 6) is 0.0343. The van der Waals surface area contributed by atoms with Crippen LogP contribution in [0.1, 0.15) is 57.8 Å². The third kappa shape index (κ3) is 3.45. The average Bonchev–Trinajstić information content (AvgIpc) is 2.73. The molecule has 2 unspecified atom stereocenters. The van der Waals surface area contributed by atoms with E-state index in [1.807, 2.05) is 4.90 Å². The second-order valence-electron chi connectivity index (χ2n) is 7.17. The van der Waals surface area contributed by atoms with Gasteiger partial charge in [0.1, 0.15) is 0 Å². The summed E-state index contributed by atoms with van der Waals surface area (Å²) in [6, 6.07) is 0.347. The lowest BCUT2D eigenvalue weighted by Gasteiger charge is -2.32. The molecule has 2 amide bonds. The van der Waals surface area contributed by atoms with Gasteiger partial charge in [-0.25, -0.2) is 0 Å². The lowest BCUT2D eigenvalue weighted by Crippen LogP contribution is -2.45. The molecule has 0 radical (unpaired) electrons. The molecule has 0 bridgehead atoms. The van der Waals surface area contributed by atoms with Gasteiger partial charge in [0, 0.05) is 32.1 Å². The zero-order chi connectivity index (χ0) is 15.5. The summed E-state index contributed by atoms with van der Waals surface area (Å²) in [5.41, 5.74) is 0. The molecule has 22 heavy (non-hydrogen) atoms. The van der Waals surface area contributed by atoms with Gasteiger partial charge in [0.15, 0.2) is 0 Å². The number of carbonyl (C=O) groups is 2. The van der Waals surface area contributed by atoms with Crippen molar-refractivity contribution in [3.63, 3.8) is 0 Å². The molecule has 5 heteroatoms. The number of nitrogens with zero attached hydrogens (tertiary/aromatic N) is 2. The summed E-state index contributed by atoms with van der Waals surface area (Å²) >= 11 is 0. The quantitative estimate of drug-likeness (QED) is 0.787. The Labute approximate surface area is 132 Å². The predicted octanol–water partition coefficient (Wildman–Crippen LogP) is 1.54. The summed E-state index contributed by atoms with van der Waals surface area (Å²) in [5, 5.41) is 9.74. The van der Waals surface area contributed by atoms with Gasteiger partial charge >= 0.3 is 0 Å². The second kappa shape index (κ2) is 6.99. The smallest absolute Gasteiger partial charge is 0.228 e. The van der Waals surface area contributed by atoms with Crippen molar-refractivity contribution >= 4 is 11.8 Å².